The highest BCUT2D eigenvalue weighted by molar-refractivity contribution is 5.76. The molecule has 0 saturated heterocycles. The molecule has 3 rings (SSSR count). The van der Waals surface area contributed by atoms with Gasteiger partial charge in [-0.3, -0.25) is 4.79 Å². The minimum absolute atomic E-state index is 0.259. The average Bonchev–Trinajstić information content (AvgIpc) is 3.15. The van der Waals surface area contributed by atoms with Crippen LogP contribution in [0.15, 0.2) is 24.3 Å². The van der Waals surface area contributed by atoms with Crippen molar-refractivity contribution in [2.45, 2.75) is 44.2 Å². The van der Waals surface area contributed by atoms with E-state index in [0.717, 1.165) is 19.4 Å². The predicted octanol–water partition coefficient (Wildman–Crippen LogP) is 2.27. The highest BCUT2D eigenvalue weighted by Crippen LogP contribution is 2.34. The molecular weight excluding hydrogens is 236 g/mol. The van der Waals surface area contributed by atoms with Gasteiger partial charge in [0.1, 0.15) is 0 Å². The quantitative estimate of drug-likeness (QED) is 0.878. The number of amides is 1. The third-order valence-electron chi connectivity index (χ3n) is 4.31. The zero-order valence-electron chi connectivity index (χ0n) is 11.6. The minimum atomic E-state index is 0.259. The van der Waals surface area contributed by atoms with E-state index in [9.17, 15) is 4.79 Å². The van der Waals surface area contributed by atoms with Crippen LogP contribution in [0.5, 0.6) is 0 Å². The normalized spacial score (nSPS) is 21.2. The van der Waals surface area contributed by atoms with Gasteiger partial charge in [0, 0.05) is 26.1 Å². The topological polar surface area (TPSA) is 32.3 Å². The van der Waals surface area contributed by atoms with Crippen LogP contribution in [0, 0.1) is 0 Å². The van der Waals surface area contributed by atoms with Crippen molar-refractivity contribution < 1.29 is 4.79 Å². The second-order valence-electron chi connectivity index (χ2n) is 5.74. The molecule has 0 radical (unpaired) electrons. The molecule has 1 N–H and O–H groups in total. The maximum Gasteiger partial charge on any atom is 0.224 e. The van der Waals surface area contributed by atoms with Gasteiger partial charge in [0.15, 0.2) is 0 Å². The SMILES string of the molecule is CN(C(=O)CCNC1CC1)C1CCc2ccccc21. The molecule has 2 aliphatic carbocycles. The van der Waals surface area contributed by atoms with Gasteiger partial charge in [-0.2, -0.15) is 0 Å². The standard InChI is InChI=1S/C16H22N2O/c1-18(16(19)10-11-17-13-7-8-13)15-9-6-12-4-2-3-5-14(12)15/h2-5,13,15,17H,6-11H2,1H3. The maximum absolute atomic E-state index is 12.2. The Hall–Kier alpha value is -1.35. The monoisotopic (exact) mass is 258 g/mol. The van der Waals surface area contributed by atoms with E-state index in [1.165, 1.54) is 24.0 Å². The van der Waals surface area contributed by atoms with Gasteiger partial charge in [-0.25, -0.2) is 0 Å². The van der Waals surface area contributed by atoms with Crippen LogP contribution in [0.25, 0.3) is 0 Å². The average molecular weight is 258 g/mol. The van der Waals surface area contributed by atoms with Gasteiger partial charge in [0.2, 0.25) is 5.91 Å². The number of rotatable bonds is 5. The van der Waals surface area contributed by atoms with Crippen molar-refractivity contribution in [2.24, 2.45) is 0 Å². The molecule has 0 heterocycles. The molecule has 0 aliphatic heterocycles. The van der Waals surface area contributed by atoms with E-state index in [1.54, 1.807) is 0 Å². The zero-order chi connectivity index (χ0) is 13.2. The Kier molecular flexibility index (Phi) is 3.56. The molecule has 1 aromatic rings. The second-order valence-corrected chi connectivity index (χ2v) is 5.74. The zero-order valence-corrected chi connectivity index (χ0v) is 11.6. The number of carbonyl (C=O) groups excluding carboxylic acids is 1. The molecule has 3 heteroatoms. The Balaban J connectivity index is 1.57. The summed E-state index contributed by atoms with van der Waals surface area (Å²) in [7, 11) is 1.95. The predicted molar refractivity (Wildman–Crippen MR) is 75.9 cm³/mol. The van der Waals surface area contributed by atoms with E-state index in [-0.39, 0.29) is 11.9 Å². The summed E-state index contributed by atoms with van der Waals surface area (Å²) >= 11 is 0. The number of carbonyl (C=O) groups is 1. The number of aryl methyl sites for hydroxylation is 1. The highest BCUT2D eigenvalue weighted by atomic mass is 16.2. The van der Waals surface area contributed by atoms with Crippen molar-refractivity contribution in [1.29, 1.82) is 0 Å². The van der Waals surface area contributed by atoms with Crippen molar-refractivity contribution in [2.75, 3.05) is 13.6 Å². The minimum Gasteiger partial charge on any atom is -0.339 e. The largest absolute Gasteiger partial charge is 0.339 e. The summed E-state index contributed by atoms with van der Waals surface area (Å²) in [6, 6.07) is 9.48. The number of nitrogens with zero attached hydrogens (tertiary/aromatic N) is 1. The van der Waals surface area contributed by atoms with E-state index >= 15 is 0 Å². The first-order valence-corrected chi connectivity index (χ1v) is 7.32. The van der Waals surface area contributed by atoms with Gasteiger partial charge in [-0.1, -0.05) is 24.3 Å². The first-order valence-electron chi connectivity index (χ1n) is 7.32. The van der Waals surface area contributed by atoms with Gasteiger partial charge >= 0.3 is 0 Å². The van der Waals surface area contributed by atoms with Gasteiger partial charge in [-0.15, -0.1) is 0 Å². The van der Waals surface area contributed by atoms with Crippen LogP contribution >= 0.6 is 0 Å². The van der Waals surface area contributed by atoms with Gasteiger partial charge in [0.05, 0.1) is 6.04 Å². The molecular formula is C16H22N2O. The first-order chi connectivity index (χ1) is 9.25. The third-order valence-corrected chi connectivity index (χ3v) is 4.31. The van der Waals surface area contributed by atoms with Crippen LogP contribution in [0.2, 0.25) is 0 Å². The third kappa shape index (κ3) is 2.81. The number of hydrogen-bond donors (Lipinski definition) is 1. The lowest BCUT2D eigenvalue weighted by atomic mass is 10.1. The molecule has 1 fully saturated rings. The van der Waals surface area contributed by atoms with E-state index in [4.69, 9.17) is 0 Å². The number of fused-ring (bicyclic) bond motifs is 1. The lowest BCUT2D eigenvalue weighted by Crippen LogP contribution is -2.32. The van der Waals surface area contributed by atoms with Crippen molar-refractivity contribution in [1.82, 2.24) is 10.2 Å². The summed E-state index contributed by atoms with van der Waals surface area (Å²) in [4.78, 5) is 14.2. The summed E-state index contributed by atoms with van der Waals surface area (Å²) in [5, 5.41) is 3.40. The Labute approximate surface area is 115 Å². The van der Waals surface area contributed by atoms with Crippen molar-refractivity contribution in [3.63, 3.8) is 0 Å². The maximum atomic E-state index is 12.2. The van der Waals surface area contributed by atoms with Crippen LogP contribution in [0.3, 0.4) is 0 Å². The summed E-state index contributed by atoms with van der Waals surface area (Å²) in [6.45, 7) is 0.822. The van der Waals surface area contributed by atoms with Crippen molar-refractivity contribution in [3.05, 3.63) is 35.4 Å². The van der Waals surface area contributed by atoms with Crippen LogP contribution in [0.4, 0.5) is 0 Å². The molecule has 1 unspecified atom stereocenters. The molecule has 19 heavy (non-hydrogen) atoms. The summed E-state index contributed by atoms with van der Waals surface area (Å²) in [5.41, 5.74) is 2.75. The molecule has 1 atom stereocenters. The fourth-order valence-corrected chi connectivity index (χ4v) is 2.96. The smallest absolute Gasteiger partial charge is 0.224 e. The lowest BCUT2D eigenvalue weighted by molar-refractivity contribution is -0.132. The van der Waals surface area contributed by atoms with E-state index in [0.29, 0.717) is 12.5 Å². The van der Waals surface area contributed by atoms with E-state index in [1.807, 2.05) is 11.9 Å². The van der Waals surface area contributed by atoms with Gasteiger partial charge in [0.25, 0.3) is 0 Å². The second kappa shape index (κ2) is 5.33. The van der Waals surface area contributed by atoms with E-state index in [2.05, 4.69) is 29.6 Å². The molecule has 102 valence electrons. The molecule has 0 aromatic heterocycles. The van der Waals surface area contributed by atoms with Crippen LogP contribution in [0.1, 0.15) is 42.9 Å². The Morgan fingerprint density at radius 1 is 1.32 bits per heavy atom. The molecule has 0 spiro atoms. The Morgan fingerprint density at radius 3 is 2.89 bits per heavy atom. The summed E-state index contributed by atoms with van der Waals surface area (Å²) < 4.78 is 0. The fourth-order valence-electron chi connectivity index (χ4n) is 2.96. The molecule has 1 amide bonds. The first kappa shape index (κ1) is 12.7. The highest BCUT2D eigenvalue weighted by Gasteiger charge is 2.28. The Bertz CT molecular complexity index is 468. The van der Waals surface area contributed by atoms with Crippen molar-refractivity contribution in [3.8, 4) is 0 Å². The fraction of sp³-hybridized carbons (Fsp3) is 0.562. The van der Waals surface area contributed by atoms with Crippen LogP contribution in [-0.4, -0.2) is 30.4 Å². The molecule has 0 bridgehead atoms. The molecule has 3 nitrogen and oxygen atoms in total. The molecule has 1 aromatic carbocycles. The number of nitrogens with one attached hydrogen (secondary N) is 1. The molecule has 2 aliphatic rings. The summed E-state index contributed by atoms with van der Waals surface area (Å²) in [6.07, 6.45) is 5.34. The van der Waals surface area contributed by atoms with Crippen LogP contribution < -0.4 is 5.32 Å². The van der Waals surface area contributed by atoms with Crippen molar-refractivity contribution >= 4 is 5.91 Å². The van der Waals surface area contributed by atoms with E-state index < -0.39 is 0 Å². The Morgan fingerprint density at radius 2 is 2.11 bits per heavy atom. The van der Waals surface area contributed by atoms with Gasteiger partial charge < -0.3 is 10.2 Å². The van der Waals surface area contributed by atoms with Crippen LogP contribution in [-0.2, 0) is 11.2 Å². The number of hydrogen-bond acceptors (Lipinski definition) is 2. The van der Waals surface area contributed by atoms with Gasteiger partial charge in [-0.05, 0) is 36.8 Å². The summed E-state index contributed by atoms with van der Waals surface area (Å²) in [5.74, 6) is 0.259. The number of benzene rings is 1. The lowest BCUT2D eigenvalue weighted by Gasteiger charge is -2.25. The molecule has 1 saturated carbocycles.